The molecule has 0 heterocycles. The largest absolute Gasteiger partial charge is 1.00 e. The van der Waals surface area contributed by atoms with Gasteiger partial charge in [0, 0.05) is 0 Å². The molecule has 0 fully saturated rings. The average molecular weight is 130 g/mol. The van der Waals surface area contributed by atoms with Gasteiger partial charge in [-0.3, -0.25) is 4.70 Å². The van der Waals surface area contributed by atoms with Crippen LogP contribution in [0, 0.1) is 0 Å². The van der Waals surface area contributed by atoms with E-state index in [0.717, 1.165) is 0 Å². The van der Waals surface area contributed by atoms with Gasteiger partial charge in [0.15, 0.2) is 0 Å². The molecule has 0 atom stereocenters. The molecule has 0 aromatic rings. The first-order valence-corrected chi connectivity index (χ1v) is 0.873. The maximum absolute atomic E-state index is 9.75. The number of hydrogen-bond acceptors (Lipinski definition) is 0. The second kappa shape index (κ2) is 4.86. The summed E-state index contributed by atoms with van der Waals surface area (Å²) in [7, 11) is -6.00. The van der Waals surface area contributed by atoms with Gasteiger partial charge in [0.2, 0.25) is 0 Å². The number of rotatable bonds is 0. The molecule has 0 aromatic heterocycles. The van der Waals surface area contributed by atoms with Crippen LogP contribution in [0.3, 0.4) is 0 Å². The number of hydrogen-bond donors (Lipinski definition) is 0. The molecule has 0 aliphatic carbocycles. The van der Waals surface area contributed by atoms with Crippen molar-refractivity contribution in [2.45, 2.75) is 0 Å². The molecule has 0 spiro atoms. The fourth-order valence-electron chi connectivity index (χ4n) is 0. The van der Waals surface area contributed by atoms with Crippen LogP contribution in [0.25, 0.3) is 0 Å². The normalized spacial score (nSPS) is 8.57. The Kier molecular flexibility index (Phi) is 10.9. The third kappa shape index (κ3) is 292. The second-order valence-electron chi connectivity index (χ2n) is 0.495. The van der Waals surface area contributed by atoms with Gasteiger partial charge in [-0.2, -0.15) is 0 Å². The van der Waals surface area contributed by atoms with Gasteiger partial charge in [0.05, 0.1) is 0 Å². The Hall–Kier alpha value is 0.715. The van der Waals surface area contributed by atoms with Crippen molar-refractivity contribution in [2.75, 3.05) is 0 Å². The predicted molar refractivity (Wildman–Crippen MR) is 12.7 cm³/mol. The zero-order chi connectivity index (χ0) is 4.50. The maximum atomic E-state index is 9.75. The summed E-state index contributed by atoms with van der Waals surface area (Å²) >= 11 is 0. The fourth-order valence-corrected chi connectivity index (χ4v) is 0. The van der Waals surface area contributed by atoms with Crippen LogP contribution in [0.15, 0.2) is 0 Å². The molecule has 0 saturated carbocycles. The third-order valence-corrected chi connectivity index (χ3v) is 0. The predicted octanol–water partition coefficient (Wildman–Crippen LogP) is -1.54. The number of halogens is 5. The van der Waals surface area contributed by atoms with E-state index in [1.54, 1.807) is 0 Å². The van der Waals surface area contributed by atoms with Crippen molar-refractivity contribution < 1.29 is 51.5 Å². The first-order chi connectivity index (χ1) is 2.00. The first kappa shape index (κ1) is 15.6. The summed E-state index contributed by atoms with van der Waals surface area (Å²) in [5, 5.41) is 0. The molecular formula is HBF5Na. The van der Waals surface area contributed by atoms with Gasteiger partial charge in [0.1, 0.15) is 0 Å². The third-order valence-electron chi connectivity index (χ3n) is 0. The fraction of sp³-hybridized carbons (Fsp3) is 0. The minimum atomic E-state index is -6.00. The molecular weight excluding hydrogens is 129 g/mol. The average Bonchev–Trinajstić information content (AvgIpc) is 0.722. The zero-order valence-electron chi connectivity index (χ0n) is 3.50. The van der Waals surface area contributed by atoms with Crippen LogP contribution < -0.4 is 29.6 Å². The Balaban J connectivity index is -0.0000000800. The van der Waals surface area contributed by atoms with Gasteiger partial charge >= 0.3 is 36.8 Å². The summed E-state index contributed by atoms with van der Waals surface area (Å²) < 4.78 is 39.0. The summed E-state index contributed by atoms with van der Waals surface area (Å²) in [5.74, 6) is 0. The molecule has 7 heavy (non-hydrogen) atoms. The van der Waals surface area contributed by atoms with E-state index in [1.165, 1.54) is 0 Å². The summed E-state index contributed by atoms with van der Waals surface area (Å²) in [6.45, 7) is 0. The van der Waals surface area contributed by atoms with E-state index in [9.17, 15) is 17.3 Å². The zero-order valence-corrected chi connectivity index (χ0v) is 5.50. The van der Waals surface area contributed by atoms with Crippen molar-refractivity contribution in [3.8, 4) is 0 Å². The molecule has 0 aromatic carbocycles. The van der Waals surface area contributed by atoms with E-state index in [1.807, 2.05) is 0 Å². The van der Waals surface area contributed by atoms with Crippen molar-refractivity contribution >= 4 is 7.25 Å². The summed E-state index contributed by atoms with van der Waals surface area (Å²) in [6.07, 6.45) is 0. The van der Waals surface area contributed by atoms with E-state index in [0.29, 0.717) is 0 Å². The van der Waals surface area contributed by atoms with Crippen molar-refractivity contribution in [2.24, 2.45) is 0 Å². The van der Waals surface area contributed by atoms with E-state index >= 15 is 0 Å². The van der Waals surface area contributed by atoms with Crippen LogP contribution in [-0.2, 0) is 0 Å². The molecule has 7 heteroatoms. The van der Waals surface area contributed by atoms with Gasteiger partial charge in [-0.15, -0.1) is 0 Å². The Morgan fingerprint density at radius 1 is 0.857 bits per heavy atom. The van der Waals surface area contributed by atoms with E-state index in [4.69, 9.17) is 0 Å². The minimum Gasteiger partial charge on any atom is -0.418 e. The molecule has 40 valence electrons. The van der Waals surface area contributed by atoms with Crippen LogP contribution in [0.2, 0.25) is 0 Å². The molecule has 0 radical (unpaired) electrons. The molecule has 0 unspecified atom stereocenters. The molecule has 0 rings (SSSR count). The summed E-state index contributed by atoms with van der Waals surface area (Å²) in [5.41, 5.74) is 0. The quantitative estimate of drug-likeness (QED) is 0.275. The Bertz CT molecular complexity index is 23.6. The van der Waals surface area contributed by atoms with Gasteiger partial charge < -0.3 is 17.3 Å². The van der Waals surface area contributed by atoms with E-state index < -0.39 is 7.25 Å². The standard InChI is InChI=1S/BF4.FH.Na/c2-1(3,4)5;;/h;1H;/q-1;;+1. The van der Waals surface area contributed by atoms with Gasteiger partial charge in [-0.1, -0.05) is 0 Å². The van der Waals surface area contributed by atoms with Crippen LogP contribution in [0.4, 0.5) is 22.0 Å². The molecule has 0 aliphatic heterocycles. The van der Waals surface area contributed by atoms with Crippen molar-refractivity contribution in [3.05, 3.63) is 0 Å². The molecule has 0 nitrogen and oxygen atoms in total. The maximum Gasteiger partial charge on any atom is 1.00 e. The van der Waals surface area contributed by atoms with Crippen molar-refractivity contribution in [3.63, 3.8) is 0 Å². The topological polar surface area (TPSA) is 0 Å². The monoisotopic (exact) mass is 130 g/mol. The van der Waals surface area contributed by atoms with Crippen molar-refractivity contribution in [1.29, 1.82) is 0 Å². The molecule has 0 N–H and O–H groups in total. The molecule has 0 saturated heterocycles. The summed E-state index contributed by atoms with van der Waals surface area (Å²) in [4.78, 5) is 0. The van der Waals surface area contributed by atoms with Gasteiger partial charge in [-0.25, -0.2) is 0 Å². The van der Waals surface area contributed by atoms with Gasteiger partial charge in [-0.05, 0) is 0 Å². The van der Waals surface area contributed by atoms with Crippen LogP contribution >= 0.6 is 0 Å². The Morgan fingerprint density at radius 2 is 0.857 bits per heavy atom. The van der Waals surface area contributed by atoms with Crippen LogP contribution in [-0.4, -0.2) is 7.25 Å². The van der Waals surface area contributed by atoms with Gasteiger partial charge in [0.25, 0.3) is 0 Å². The second-order valence-corrected chi connectivity index (χ2v) is 0.495. The smallest absolute Gasteiger partial charge is 0.418 e. The first-order valence-electron chi connectivity index (χ1n) is 0.873. The summed E-state index contributed by atoms with van der Waals surface area (Å²) in [6, 6.07) is 0. The van der Waals surface area contributed by atoms with Crippen LogP contribution in [0.1, 0.15) is 0 Å². The van der Waals surface area contributed by atoms with Crippen molar-refractivity contribution in [1.82, 2.24) is 0 Å². The van der Waals surface area contributed by atoms with E-state index in [-0.39, 0.29) is 34.3 Å². The minimum absolute atomic E-state index is 0. The SMILES string of the molecule is F.F[B-](F)(F)F.[Na+]. The molecule has 0 bridgehead atoms. The molecule has 0 amide bonds. The van der Waals surface area contributed by atoms with Crippen LogP contribution in [0.5, 0.6) is 0 Å². The Morgan fingerprint density at radius 3 is 0.857 bits per heavy atom. The molecule has 0 aliphatic rings. The Labute approximate surface area is 59.0 Å². The van der Waals surface area contributed by atoms with E-state index in [2.05, 4.69) is 0 Å².